The Morgan fingerprint density at radius 2 is 1.36 bits per heavy atom. The molecule has 0 aliphatic heterocycles. The van der Waals surface area contributed by atoms with Gasteiger partial charge in [-0.3, -0.25) is 24.0 Å². The van der Waals surface area contributed by atoms with Crippen LogP contribution in [-0.2, 0) is 42.9 Å². The Morgan fingerprint density at radius 1 is 0.787 bits per heavy atom. The summed E-state index contributed by atoms with van der Waals surface area (Å²) in [6.07, 6.45) is -6.82. The van der Waals surface area contributed by atoms with Gasteiger partial charge in [0, 0.05) is 5.56 Å². The number of methoxy groups -OCH3 is 1. The first-order chi connectivity index (χ1) is 34.4. The van der Waals surface area contributed by atoms with Crippen LogP contribution in [0.4, 0.5) is 43.9 Å². The maximum absolute atomic E-state index is 15.1. The first-order valence-corrected chi connectivity index (χ1v) is 25.9. The molecule has 1 amide bonds. The van der Waals surface area contributed by atoms with Gasteiger partial charge in [-0.05, 0) is 129 Å². The number of aliphatic hydroxyl groups is 1. The van der Waals surface area contributed by atoms with Gasteiger partial charge in [0.25, 0.3) is 5.91 Å². The van der Waals surface area contributed by atoms with Crippen LogP contribution in [0.1, 0.15) is 153 Å². The number of rotatable bonds is 21. The highest BCUT2D eigenvalue weighted by molar-refractivity contribution is 7.86. The Bertz CT molecular complexity index is 2490. The van der Waals surface area contributed by atoms with Gasteiger partial charge in [-0.1, -0.05) is 50.6 Å². The van der Waals surface area contributed by atoms with Crippen LogP contribution in [0, 0.1) is 57.3 Å². The van der Waals surface area contributed by atoms with E-state index in [0.29, 0.717) is 31.1 Å². The summed E-state index contributed by atoms with van der Waals surface area (Å²) in [7, 11) is -5.26. The third-order valence-corrected chi connectivity index (χ3v) is 16.2. The Labute approximate surface area is 429 Å². The lowest BCUT2D eigenvalue weighted by Crippen LogP contribution is -2.47. The smallest absolute Gasteiger partial charge is 0.423 e. The van der Waals surface area contributed by atoms with Crippen LogP contribution in [0.25, 0.3) is 0 Å². The van der Waals surface area contributed by atoms with Crippen LogP contribution in [0.5, 0.6) is 0 Å². The summed E-state index contributed by atoms with van der Waals surface area (Å²) in [5.74, 6) is -15.9. The summed E-state index contributed by atoms with van der Waals surface area (Å²) in [5.41, 5.74) is -10.1. The summed E-state index contributed by atoms with van der Waals surface area (Å²) >= 11 is 0. The normalized spacial score (nSPS) is 21.3. The fourth-order valence-electron chi connectivity index (χ4n) is 10.6. The number of carbonyl (C=O) groups is 5. The van der Waals surface area contributed by atoms with Crippen LogP contribution >= 0.6 is 0 Å². The van der Waals surface area contributed by atoms with E-state index < -0.39 is 138 Å². The maximum Gasteiger partial charge on any atom is 0.423 e. The summed E-state index contributed by atoms with van der Waals surface area (Å²) in [6.45, 7) is 9.14. The molecule has 3 aliphatic carbocycles. The van der Waals surface area contributed by atoms with Crippen LogP contribution in [0.3, 0.4) is 0 Å². The number of ketones is 1. The van der Waals surface area contributed by atoms with Gasteiger partial charge in [-0.2, -0.15) is 34.8 Å². The van der Waals surface area contributed by atoms with Crippen molar-refractivity contribution >= 4 is 39.7 Å². The van der Waals surface area contributed by atoms with Crippen LogP contribution in [-0.4, -0.2) is 93.0 Å². The third-order valence-electron chi connectivity index (χ3n) is 14.9. The number of Topliss-reactive ketones (excluding diaryl/α,β-unsaturated/α-hetero) is 1. The van der Waals surface area contributed by atoms with E-state index in [1.165, 1.54) is 26.5 Å². The lowest BCUT2D eigenvalue weighted by Gasteiger charge is -2.41. The topological polar surface area (TPSA) is 189 Å². The predicted molar refractivity (Wildman–Crippen MR) is 248 cm³/mol. The standard InChI is InChI=1S/C40H48F7NO11S.C11H17F3O/c1-8-37(5,22-38(6,21-36(3,4)33(51)56-7)35(53)58-39(9-2)17-13-14-18-39)34(52)57-20-19-48-32(50)24-25(41)27(43)30(28(44)26(24)42)60(54,55)59-31(40(45,46)47)29(49)23-15-11-10-12-16-23;1-10(15,11(12,13)14)6-9-5-7-2-3-8(9)4-7/h10-12,15-16,31H,8-9,13-14,17-22H2,1-7H3,(H,48,50);7-9,15H,2-6H2,1H3. The summed E-state index contributed by atoms with van der Waals surface area (Å²) in [5, 5.41) is 11.3. The highest BCUT2D eigenvalue weighted by Crippen LogP contribution is 2.53. The Morgan fingerprint density at radius 3 is 1.83 bits per heavy atom. The van der Waals surface area contributed by atoms with E-state index in [1.54, 1.807) is 27.7 Å². The minimum atomic E-state index is -6.45. The number of alkyl halides is 6. The van der Waals surface area contributed by atoms with E-state index >= 15 is 17.6 Å². The number of hydrogen-bond acceptors (Lipinski definition) is 12. The zero-order valence-electron chi connectivity index (χ0n) is 42.9. The SMILES string of the molecule is CC(O)(CC1CC2CCC1C2)C(F)(F)F.CCC1(OC(=O)C(C)(CC(C)(C)C(=O)OC)CC(C)(CC)C(=O)OCCNC(=O)c2c(F)c(F)c(S(=O)(=O)OC(C(=O)c3ccccc3)C(F)(F)F)c(F)c2F)CCCC1. The van der Waals surface area contributed by atoms with E-state index in [-0.39, 0.29) is 31.6 Å². The Hall–Kier alpha value is -4.84. The molecule has 0 aromatic heterocycles. The minimum Gasteiger partial charge on any atom is -0.469 e. The minimum absolute atomic E-state index is 0.0801. The van der Waals surface area contributed by atoms with Crippen molar-refractivity contribution < 1.29 is 99.8 Å². The second-order valence-electron chi connectivity index (χ2n) is 21.3. The second-order valence-corrected chi connectivity index (χ2v) is 22.8. The van der Waals surface area contributed by atoms with Crippen molar-refractivity contribution in [2.24, 2.45) is 34.0 Å². The predicted octanol–water partition coefficient (Wildman–Crippen LogP) is 10.8. The summed E-state index contributed by atoms with van der Waals surface area (Å²) < 4.78 is 185. The van der Waals surface area contributed by atoms with E-state index in [1.807, 2.05) is 12.2 Å². The van der Waals surface area contributed by atoms with Gasteiger partial charge < -0.3 is 24.6 Å². The molecule has 13 nitrogen and oxygen atoms in total. The molecule has 3 fully saturated rings. The monoisotopic (exact) mass is 1110 g/mol. The lowest BCUT2D eigenvalue weighted by atomic mass is 9.65. The van der Waals surface area contributed by atoms with Crippen molar-refractivity contribution in [3.63, 3.8) is 0 Å². The number of carbonyl (C=O) groups excluding carboxylic acids is 5. The molecule has 2 aromatic rings. The summed E-state index contributed by atoms with van der Waals surface area (Å²) in [6, 6.07) is 5.21. The van der Waals surface area contributed by atoms with Crippen LogP contribution in [0.15, 0.2) is 35.2 Å². The molecule has 422 valence electrons. The number of hydrogen-bond donors (Lipinski definition) is 2. The van der Waals surface area contributed by atoms with Crippen molar-refractivity contribution in [3.8, 4) is 0 Å². The number of halogens is 10. The first-order valence-electron chi connectivity index (χ1n) is 24.5. The highest BCUT2D eigenvalue weighted by Gasteiger charge is 2.55. The average Bonchev–Trinajstić information content (AvgIpc) is 4.09. The molecular weight excluding hydrogens is 1040 g/mol. The number of esters is 3. The van der Waals surface area contributed by atoms with Gasteiger partial charge in [0.2, 0.25) is 11.9 Å². The second kappa shape index (κ2) is 23.8. The van der Waals surface area contributed by atoms with E-state index in [0.717, 1.165) is 63.3 Å². The fraction of sp³-hybridized carbons (Fsp3) is 0.667. The number of amides is 1. The molecule has 0 saturated heterocycles. The molecule has 75 heavy (non-hydrogen) atoms. The van der Waals surface area contributed by atoms with Gasteiger partial charge in [0.1, 0.15) is 17.8 Å². The lowest BCUT2D eigenvalue weighted by molar-refractivity contribution is -0.259. The molecule has 2 aromatic carbocycles. The van der Waals surface area contributed by atoms with Gasteiger partial charge in [0.05, 0.1) is 29.9 Å². The van der Waals surface area contributed by atoms with Crippen LogP contribution in [0.2, 0.25) is 0 Å². The maximum atomic E-state index is 15.1. The molecule has 0 heterocycles. The van der Waals surface area contributed by atoms with E-state index in [2.05, 4.69) is 4.18 Å². The summed E-state index contributed by atoms with van der Waals surface area (Å²) in [4.78, 5) is 62.8. The quantitative estimate of drug-likeness (QED) is 0.0229. The Kier molecular flexibility index (Phi) is 19.9. The van der Waals surface area contributed by atoms with Gasteiger partial charge in [0.15, 0.2) is 33.8 Å². The molecule has 2 bridgehead atoms. The molecule has 2 N–H and O–H groups in total. The zero-order chi connectivity index (χ0) is 56.9. The number of ether oxygens (including phenoxy) is 3. The molecule has 0 radical (unpaired) electrons. The highest BCUT2D eigenvalue weighted by atomic mass is 32.2. The molecular formula is C51H65F10NO12S. The average molecular weight is 1110 g/mol. The van der Waals surface area contributed by atoms with E-state index in [4.69, 9.17) is 14.2 Å². The van der Waals surface area contributed by atoms with Gasteiger partial charge in [-0.25, -0.2) is 21.7 Å². The largest absolute Gasteiger partial charge is 0.469 e. The van der Waals surface area contributed by atoms with Crippen molar-refractivity contribution in [1.29, 1.82) is 0 Å². The number of benzene rings is 2. The van der Waals surface area contributed by atoms with Crippen molar-refractivity contribution in [1.82, 2.24) is 5.32 Å². The molecule has 7 unspecified atom stereocenters. The zero-order valence-corrected chi connectivity index (χ0v) is 43.7. The molecule has 3 aliphatic rings. The van der Waals surface area contributed by atoms with Crippen LogP contribution < -0.4 is 5.32 Å². The van der Waals surface area contributed by atoms with E-state index in [9.17, 15) is 63.8 Å². The molecule has 3 saturated carbocycles. The van der Waals surface area contributed by atoms with Crippen molar-refractivity contribution in [2.45, 2.75) is 166 Å². The molecule has 0 spiro atoms. The van der Waals surface area contributed by atoms with Crippen molar-refractivity contribution in [3.05, 3.63) is 64.7 Å². The van der Waals surface area contributed by atoms with Gasteiger partial charge in [-0.15, -0.1) is 0 Å². The van der Waals surface area contributed by atoms with Crippen molar-refractivity contribution in [2.75, 3.05) is 20.3 Å². The molecule has 24 heteroatoms. The number of fused-ring (bicyclic) bond motifs is 2. The molecule has 5 rings (SSSR count). The Balaban J connectivity index is 0.000000686. The number of nitrogens with one attached hydrogen (secondary N) is 1. The fourth-order valence-corrected chi connectivity index (χ4v) is 11.8. The van der Waals surface area contributed by atoms with Gasteiger partial charge >= 0.3 is 40.4 Å². The first kappa shape index (κ1) is 62.7. The third kappa shape index (κ3) is 14.6. The molecule has 7 atom stereocenters.